The molecular formula is C15H9ClN2O. The van der Waals surface area contributed by atoms with Crippen molar-refractivity contribution >= 4 is 23.2 Å². The second-order valence-electron chi connectivity index (χ2n) is 4.38. The lowest BCUT2D eigenvalue weighted by Gasteiger charge is -2.07. The molecule has 0 unspecified atom stereocenters. The molecule has 0 atom stereocenters. The second kappa shape index (κ2) is 4.42. The van der Waals surface area contributed by atoms with Crippen LogP contribution in [0.4, 0.5) is 5.69 Å². The molecule has 1 aliphatic heterocycles. The number of nitriles is 1. The predicted octanol–water partition coefficient (Wildman–Crippen LogP) is 3.37. The molecule has 4 heteroatoms. The molecule has 2 aromatic rings. The molecule has 0 saturated carbocycles. The average Bonchev–Trinajstić information content (AvgIpc) is 2.78. The molecule has 3 rings (SSSR count). The van der Waals surface area contributed by atoms with E-state index in [9.17, 15) is 4.79 Å². The Hall–Kier alpha value is -2.31. The molecular weight excluding hydrogens is 260 g/mol. The van der Waals surface area contributed by atoms with Crippen molar-refractivity contribution in [3.8, 4) is 17.2 Å². The van der Waals surface area contributed by atoms with E-state index in [2.05, 4.69) is 11.4 Å². The number of benzene rings is 2. The molecule has 1 N–H and O–H groups in total. The van der Waals surface area contributed by atoms with Gasteiger partial charge in [-0.15, -0.1) is 0 Å². The second-order valence-corrected chi connectivity index (χ2v) is 4.75. The fourth-order valence-corrected chi connectivity index (χ4v) is 2.52. The minimum absolute atomic E-state index is 0.00372. The Morgan fingerprint density at radius 3 is 2.89 bits per heavy atom. The molecule has 92 valence electrons. The van der Waals surface area contributed by atoms with E-state index < -0.39 is 0 Å². The first-order valence-corrected chi connectivity index (χ1v) is 6.18. The maximum Gasteiger partial charge on any atom is 0.228 e. The van der Waals surface area contributed by atoms with Gasteiger partial charge in [0.25, 0.3) is 0 Å². The van der Waals surface area contributed by atoms with Gasteiger partial charge < -0.3 is 5.32 Å². The van der Waals surface area contributed by atoms with Crippen molar-refractivity contribution in [1.82, 2.24) is 0 Å². The highest BCUT2D eigenvalue weighted by atomic mass is 35.5. The summed E-state index contributed by atoms with van der Waals surface area (Å²) in [6, 6.07) is 13.1. The Balaban J connectivity index is 2.12. The van der Waals surface area contributed by atoms with Gasteiger partial charge in [0.05, 0.1) is 17.0 Å². The van der Waals surface area contributed by atoms with Gasteiger partial charge in [-0.1, -0.05) is 29.8 Å². The Morgan fingerprint density at radius 1 is 1.26 bits per heavy atom. The summed E-state index contributed by atoms with van der Waals surface area (Å²) in [7, 11) is 0. The molecule has 0 spiro atoms. The van der Waals surface area contributed by atoms with Crippen molar-refractivity contribution in [3.05, 3.63) is 52.5 Å². The largest absolute Gasteiger partial charge is 0.326 e. The normalized spacial score (nSPS) is 12.7. The van der Waals surface area contributed by atoms with Crippen molar-refractivity contribution in [2.75, 3.05) is 5.32 Å². The zero-order chi connectivity index (χ0) is 13.4. The van der Waals surface area contributed by atoms with E-state index in [1.165, 1.54) is 0 Å². The Morgan fingerprint density at radius 2 is 2.11 bits per heavy atom. The highest BCUT2D eigenvalue weighted by molar-refractivity contribution is 6.34. The van der Waals surface area contributed by atoms with Gasteiger partial charge in [-0.3, -0.25) is 4.79 Å². The van der Waals surface area contributed by atoms with E-state index in [0.29, 0.717) is 17.0 Å². The quantitative estimate of drug-likeness (QED) is 0.862. The number of fused-ring (bicyclic) bond motifs is 1. The summed E-state index contributed by atoms with van der Waals surface area (Å²) < 4.78 is 0. The van der Waals surface area contributed by atoms with Crippen LogP contribution in [0.5, 0.6) is 0 Å². The third-order valence-electron chi connectivity index (χ3n) is 3.16. The van der Waals surface area contributed by atoms with Crippen LogP contribution in [0.3, 0.4) is 0 Å². The molecule has 3 nitrogen and oxygen atoms in total. The van der Waals surface area contributed by atoms with Crippen molar-refractivity contribution in [3.63, 3.8) is 0 Å². The van der Waals surface area contributed by atoms with E-state index in [4.69, 9.17) is 16.9 Å². The predicted molar refractivity (Wildman–Crippen MR) is 73.9 cm³/mol. The minimum atomic E-state index is 0.00372. The lowest BCUT2D eigenvalue weighted by Crippen LogP contribution is -2.03. The van der Waals surface area contributed by atoms with Gasteiger partial charge >= 0.3 is 0 Å². The number of halogens is 1. The summed E-state index contributed by atoms with van der Waals surface area (Å²) in [4.78, 5) is 11.3. The standard InChI is InChI=1S/C15H9ClN2O/c16-15-10(8-17)2-1-3-12(15)9-4-5-13-11(6-9)7-14(19)18-13/h1-6H,7H2,(H,18,19). The molecule has 1 heterocycles. The number of nitrogens with one attached hydrogen (secondary N) is 1. The number of rotatable bonds is 1. The molecule has 0 radical (unpaired) electrons. The van der Waals surface area contributed by atoms with Gasteiger partial charge in [-0.2, -0.15) is 5.26 Å². The molecule has 0 saturated heterocycles. The molecule has 1 aliphatic rings. The number of amides is 1. The van der Waals surface area contributed by atoms with Gasteiger partial charge in [0, 0.05) is 11.3 Å². The van der Waals surface area contributed by atoms with Gasteiger partial charge in [0.1, 0.15) is 6.07 Å². The van der Waals surface area contributed by atoms with Crippen molar-refractivity contribution in [2.24, 2.45) is 0 Å². The Kier molecular flexibility index (Phi) is 2.73. The van der Waals surface area contributed by atoms with Crippen LogP contribution < -0.4 is 5.32 Å². The van der Waals surface area contributed by atoms with Crippen LogP contribution in [0.2, 0.25) is 5.02 Å². The average molecular weight is 269 g/mol. The van der Waals surface area contributed by atoms with Crippen LogP contribution in [-0.4, -0.2) is 5.91 Å². The molecule has 2 aromatic carbocycles. The van der Waals surface area contributed by atoms with Crippen LogP contribution in [0.15, 0.2) is 36.4 Å². The fourth-order valence-electron chi connectivity index (χ4n) is 2.24. The maximum absolute atomic E-state index is 11.3. The fraction of sp³-hybridized carbons (Fsp3) is 0.0667. The smallest absolute Gasteiger partial charge is 0.228 e. The third-order valence-corrected chi connectivity index (χ3v) is 3.57. The molecule has 0 aromatic heterocycles. The highest BCUT2D eigenvalue weighted by Crippen LogP contribution is 2.34. The first-order chi connectivity index (χ1) is 9.19. The van der Waals surface area contributed by atoms with E-state index in [0.717, 1.165) is 22.4 Å². The molecule has 1 amide bonds. The van der Waals surface area contributed by atoms with Crippen LogP contribution in [0.25, 0.3) is 11.1 Å². The number of hydrogen-bond acceptors (Lipinski definition) is 2. The summed E-state index contributed by atoms with van der Waals surface area (Å²) in [5.41, 5.74) is 3.98. The Bertz CT molecular complexity index is 731. The molecule has 0 aliphatic carbocycles. The van der Waals surface area contributed by atoms with Crippen LogP contribution >= 0.6 is 11.6 Å². The van der Waals surface area contributed by atoms with Crippen LogP contribution in [0.1, 0.15) is 11.1 Å². The van der Waals surface area contributed by atoms with Gasteiger partial charge in [-0.25, -0.2) is 0 Å². The van der Waals surface area contributed by atoms with Crippen LogP contribution in [-0.2, 0) is 11.2 Å². The summed E-state index contributed by atoms with van der Waals surface area (Å²) >= 11 is 6.22. The van der Waals surface area contributed by atoms with Gasteiger partial charge in [-0.05, 0) is 29.3 Å². The number of nitrogens with zero attached hydrogens (tertiary/aromatic N) is 1. The number of carbonyl (C=O) groups excluding carboxylic acids is 1. The first kappa shape index (κ1) is 11.8. The zero-order valence-corrected chi connectivity index (χ0v) is 10.7. The van der Waals surface area contributed by atoms with E-state index in [1.807, 2.05) is 24.3 Å². The van der Waals surface area contributed by atoms with Crippen LogP contribution in [0, 0.1) is 11.3 Å². The first-order valence-electron chi connectivity index (χ1n) is 5.81. The van der Waals surface area contributed by atoms with E-state index in [-0.39, 0.29) is 5.91 Å². The van der Waals surface area contributed by atoms with Crippen molar-refractivity contribution in [1.29, 1.82) is 5.26 Å². The number of carbonyl (C=O) groups is 1. The van der Waals surface area contributed by atoms with E-state index in [1.54, 1.807) is 12.1 Å². The number of hydrogen-bond donors (Lipinski definition) is 1. The van der Waals surface area contributed by atoms with Crippen molar-refractivity contribution < 1.29 is 4.79 Å². The summed E-state index contributed by atoms with van der Waals surface area (Å²) in [5.74, 6) is 0.00372. The summed E-state index contributed by atoms with van der Waals surface area (Å²) in [5, 5.41) is 12.2. The minimum Gasteiger partial charge on any atom is -0.326 e. The monoisotopic (exact) mass is 268 g/mol. The SMILES string of the molecule is N#Cc1cccc(-c2ccc3c(c2)CC(=O)N3)c1Cl. The third kappa shape index (κ3) is 1.96. The number of anilines is 1. The topological polar surface area (TPSA) is 52.9 Å². The zero-order valence-electron chi connectivity index (χ0n) is 9.90. The molecule has 19 heavy (non-hydrogen) atoms. The van der Waals surface area contributed by atoms with Gasteiger partial charge in [0.2, 0.25) is 5.91 Å². The maximum atomic E-state index is 11.3. The Labute approximate surface area is 115 Å². The van der Waals surface area contributed by atoms with Gasteiger partial charge in [0.15, 0.2) is 0 Å². The lowest BCUT2D eigenvalue weighted by atomic mass is 10.00. The highest BCUT2D eigenvalue weighted by Gasteiger charge is 2.18. The lowest BCUT2D eigenvalue weighted by molar-refractivity contribution is -0.115. The molecule has 0 bridgehead atoms. The summed E-state index contributed by atoms with van der Waals surface area (Å²) in [6.07, 6.45) is 0.388. The van der Waals surface area contributed by atoms with Crippen molar-refractivity contribution in [2.45, 2.75) is 6.42 Å². The summed E-state index contributed by atoms with van der Waals surface area (Å²) in [6.45, 7) is 0. The molecule has 0 fully saturated rings. The van der Waals surface area contributed by atoms with E-state index >= 15 is 0 Å².